The summed E-state index contributed by atoms with van der Waals surface area (Å²) in [6.45, 7) is 0. The second-order valence-electron chi connectivity index (χ2n) is 4.82. The Kier molecular flexibility index (Phi) is 4.06. The van der Waals surface area contributed by atoms with E-state index in [-0.39, 0.29) is 5.78 Å². The Morgan fingerprint density at radius 3 is 2.77 bits per heavy atom. The molecule has 0 amide bonds. The number of ketones is 1. The third-order valence-corrected chi connectivity index (χ3v) is 4.34. The highest BCUT2D eigenvalue weighted by Crippen LogP contribution is 2.22. The summed E-state index contributed by atoms with van der Waals surface area (Å²) in [6.07, 6.45) is 5.32. The summed E-state index contributed by atoms with van der Waals surface area (Å²) in [5.41, 5.74) is 1.60. The number of Topliss-reactive ketones (excluding diaryl/α,β-unsaturated/α-hetero) is 1. The number of hydrogen-bond acceptors (Lipinski definition) is 5. The Labute approximate surface area is 132 Å². The summed E-state index contributed by atoms with van der Waals surface area (Å²) < 4.78 is 3.70. The standard InChI is InChI=1S/C15H15N5OS/c1-19-8-4-6-12(19)13(21)10-22-15-18-17-14(20(15)2)11-5-3-7-16-9-11/h3-9H,10H2,1-2H3. The first kappa shape index (κ1) is 14.5. The summed E-state index contributed by atoms with van der Waals surface area (Å²) in [5, 5.41) is 9.05. The molecular formula is C15H15N5OS. The maximum absolute atomic E-state index is 12.2. The van der Waals surface area contributed by atoms with E-state index in [1.54, 1.807) is 12.4 Å². The van der Waals surface area contributed by atoms with Crippen molar-refractivity contribution in [3.8, 4) is 11.4 Å². The molecule has 0 atom stereocenters. The van der Waals surface area contributed by atoms with Gasteiger partial charge in [-0.2, -0.15) is 0 Å². The maximum atomic E-state index is 12.2. The van der Waals surface area contributed by atoms with E-state index in [9.17, 15) is 4.79 Å². The Morgan fingerprint density at radius 1 is 1.23 bits per heavy atom. The van der Waals surface area contributed by atoms with Crippen molar-refractivity contribution in [2.45, 2.75) is 5.16 Å². The van der Waals surface area contributed by atoms with E-state index in [2.05, 4.69) is 15.2 Å². The van der Waals surface area contributed by atoms with Crippen LogP contribution in [0.5, 0.6) is 0 Å². The highest BCUT2D eigenvalue weighted by atomic mass is 32.2. The highest BCUT2D eigenvalue weighted by molar-refractivity contribution is 7.99. The van der Waals surface area contributed by atoms with Crippen LogP contribution < -0.4 is 0 Å². The van der Waals surface area contributed by atoms with Gasteiger partial charge in [-0.05, 0) is 24.3 Å². The number of carbonyl (C=O) groups is 1. The molecule has 0 saturated heterocycles. The normalized spacial score (nSPS) is 10.8. The third-order valence-electron chi connectivity index (χ3n) is 3.32. The largest absolute Gasteiger partial charge is 0.348 e. The van der Waals surface area contributed by atoms with Crippen LogP contribution in [0.2, 0.25) is 0 Å². The van der Waals surface area contributed by atoms with Crippen LogP contribution in [0, 0.1) is 0 Å². The summed E-state index contributed by atoms with van der Waals surface area (Å²) in [6, 6.07) is 7.47. The predicted octanol–water partition coefficient (Wildman–Crippen LogP) is 2.19. The van der Waals surface area contributed by atoms with Gasteiger partial charge in [0.2, 0.25) is 0 Å². The Hall–Kier alpha value is -2.41. The van der Waals surface area contributed by atoms with E-state index in [0.717, 1.165) is 11.4 Å². The molecule has 3 aromatic heterocycles. The van der Waals surface area contributed by atoms with Gasteiger partial charge in [-0.1, -0.05) is 11.8 Å². The summed E-state index contributed by atoms with van der Waals surface area (Å²) in [4.78, 5) is 16.3. The Balaban J connectivity index is 1.73. The number of nitrogens with zero attached hydrogens (tertiary/aromatic N) is 5. The van der Waals surface area contributed by atoms with E-state index in [0.29, 0.717) is 16.6 Å². The fourth-order valence-electron chi connectivity index (χ4n) is 2.14. The van der Waals surface area contributed by atoms with Crippen molar-refractivity contribution in [3.63, 3.8) is 0 Å². The van der Waals surface area contributed by atoms with Crippen LogP contribution in [-0.2, 0) is 14.1 Å². The number of aryl methyl sites for hydroxylation is 1. The van der Waals surface area contributed by atoms with Crippen molar-refractivity contribution < 1.29 is 4.79 Å². The van der Waals surface area contributed by atoms with E-state index in [4.69, 9.17) is 0 Å². The smallest absolute Gasteiger partial charge is 0.191 e. The van der Waals surface area contributed by atoms with Gasteiger partial charge in [0.1, 0.15) is 0 Å². The molecule has 6 nitrogen and oxygen atoms in total. The highest BCUT2D eigenvalue weighted by Gasteiger charge is 2.14. The van der Waals surface area contributed by atoms with Gasteiger partial charge >= 0.3 is 0 Å². The minimum atomic E-state index is 0.0726. The van der Waals surface area contributed by atoms with Gasteiger partial charge in [0.25, 0.3) is 0 Å². The van der Waals surface area contributed by atoms with Crippen LogP contribution in [0.25, 0.3) is 11.4 Å². The summed E-state index contributed by atoms with van der Waals surface area (Å²) in [7, 11) is 3.75. The van der Waals surface area contributed by atoms with Gasteiger partial charge in [-0.3, -0.25) is 9.78 Å². The predicted molar refractivity (Wildman–Crippen MR) is 84.7 cm³/mol. The minimum absolute atomic E-state index is 0.0726. The van der Waals surface area contributed by atoms with Crippen molar-refractivity contribution in [2.75, 3.05) is 5.75 Å². The van der Waals surface area contributed by atoms with E-state index in [1.807, 2.05) is 53.7 Å². The van der Waals surface area contributed by atoms with Crippen molar-refractivity contribution in [2.24, 2.45) is 14.1 Å². The van der Waals surface area contributed by atoms with E-state index in [1.165, 1.54) is 11.8 Å². The first-order valence-corrected chi connectivity index (χ1v) is 7.72. The maximum Gasteiger partial charge on any atom is 0.191 e. The van der Waals surface area contributed by atoms with Crippen LogP contribution in [0.3, 0.4) is 0 Å². The van der Waals surface area contributed by atoms with Gasteiger partial charge in [0.05, 0.1) is 11.4 Å². The number of carbonyl (C=O) groups excluding carboxylic acids is 1. The summed E-state index contributed by atoms with van der Waals surface area (Å²) in [5.74, 6) is 1.14. The second kappa shape index (κ2) is 6.15. The molecule has 0 N–H and O–H groups in total. The number of thioether (sulfide) groups is 1. The van der Waals surface area contributed by atoms with Gasteiger partial charge < -0.3 is 9.13 Å². The molecule has 0 aromatic carbocycles. The fourth-order valence-corrected chi connectivity index (χ4v) is 2.93. The Bertz CT molecular complexity index is 793. The molecule has 0 aliphatic heterocycles. The number of hydrogen-bond donors (Lipinski definition) is 0. The molecule has 0 saturated carbocycles. The molecule has 3 rings (SSSR count). The van der Waals surface area contributed by atoms with Crippen LogP contribution in [0.15, 0.2) is 48.0 Å². The van der Waals surface area contributed by atoms with E-state index < -0.39 is 0 Å². The lowest BCUT2D eigenvalue weighted by atomic mass is 10.3. The molecular weight excluding hydrogens is 298 g/mol. The zero-order chi connectivity index (χ0) is 15.5. The van der Waals surface area contributed by atoms with Gasteiger partial charge in [-0.15, -0.1) is 10.2 Å². The summed E-state index contributed by atoms with van der Waals surface area (Å²) >= 11 is 1.38. The minimum Gasteiger partial charge on any atom is -0.348 e. The van der Waals surface area contributed by atoms with Crippen molar-refractivity contribution >= 4 is 17.5 Å². The zero-order valence-corrected chi connectivity index (χ0v) is 13.1. The molecule has 3 aromatic rings. The first-order chi connectivity index (χ1) is 10.7. The molecule has 112 valence electrons. The topological polar surface area (TPSA) is 65.6 Å². The van der Waals surface area contributed by atoms with Crippen LogP contribution in [-0.4, -0.2) is 35.9 Å². The molecule has 0 radical (unpaired) electrons. The van der Waals surface area contributed by atoms with Crippen LogP contribution >= 0.6 is 11.8 Å². The fraction of sp³-hybridized carbons (Fsp3) is 0.200. The number of rotatable bonds is 5. The molecule has 0 aliphatic rings. The molecule has 3 heterocycles. The van der Waals surface area contributed by atoms with Crippen LogP contribution in [0.4, 0.5) is 0 Å². The van der Waals surface area contributed by atoms with Crippen molar-refractivity contribution in [3.05, 3.63) is 48.5 Å². The van der Waals surface area contributed by atoms with E-state index >= 15 is 0 Å². The average Bonchev–Trinajstić information content (AvgIpc) is 3.12. The molecule has 0 unspecified atom stereocenters. The van der Waals surface area contributed by atoms with Crippen molar-refractivity contribution in [1.82, 2.24) is 24.3 Å². The van der Waals surface area contributed by atoms with Crippen LogP contribution in [0.1, 0.15) is 10.5 Å². The van der Waals surface area contributed by atoms with Gasteiger partial charge in [-0.25, -0.2) is 0 Å². The quantitative estimate of drug-likeness (QED) is 0.533. The van der Waals surface area contributed by atoms with Crippen molar-refractivity contribution in [1.29, 1.82) is 0 Å². The second-order valence-corrected chi connectivity index (χ2v) is 5.77. The zero-order valence-electron chi connectivity index (χ0n) is 12.3. The third kappa shape index (κ3) is 2.80. The average molecular weight is 313 g/mol. The lowest BCUT2D eigenvalue weighted by Gasteiger charge is -2.04. The molecule has 22 heavy (non-hydrogen) atoms. The monoisotopic (exact) mass is 313 g/mol. The Morgan fingerprint density at radius 2 is 2.09 bits per heavy atom. The molecule has 0 fully saturated rings. The molecule has 0 spiro atoms. The van der Waals surface area contributed by atoms with Gasteiger partial charge in [0.15, 0.2) is 16.8 Å². The van der Waals surface area contributed by atoms with Gasteiger partial charge in [0, 0.05) is 38.2 Å². The molecule has 7 heteroatoms. The molecule has 0 bridgehead atoms. The number of aromatic nitrogens is 5. The molecule has 0 aliphatic carbocycles. The number of pyridine rings is 1. The lowest BCUT2D eigenvalue weighted by molar-refractivity contribution is 0.101. The lowest BCUT2D eigenvalue weighted by Crippen LogP contribution is -2.08. The first-order valence-electron chi connectivity index (χ1n) is 6.74. The SMILES string of the molecule is Cn1cccc1C(=O)CSc1nnc(-c2cccnc2)n1C.